The van der Waals surface area contributed by atoms with Gasteiger partial charge in [0.1, 0.15) is 17.6 Å². The molecule has 27 heavy (non-hydrogen) atoms. The van der Waals surface area contributed by atoms with Crippen molar-refractivity contribution in [2.24, 2.45) is 0 Å². The van der Waals surface area contributed by atoms with Crippen LogP contribution in [0.5, 0.6) is 0 Å². The first kappa shape index (κ1) is 17.6. The van der Waals surface area contributed by atoms with Crippen molar-refractivity contribution in [3.63, 3.8) is 0 Å². The maximum absolute atomic E-state index is 10.0. The van der Waals surface area contributed by atoms with E-state index < -0.39 is 0 Å². The zero-order chi connectivity index (χ0) is 19.0. The van der Waals surface area contributed by atoms with Gasteiger partial charge in [0.2, 0.25) is 0 Å². The number of nitrogens with one attached hydrogen (secondary N) is 1. The zero-order valence-corrected chi connectivity index (χ0v) is 17.2. The van der Waals surface area contributed by atoms with Crippen molar-refractivity contribution in [1.82, 2.24) is 20.4 Å². The number of halogens is 1. The predicted molar refractivity (Wildman–Crippen MR) is 115 cm³/mol. The van der Waals surface area contributed by atoms with Gasteiger partial charge in [0, 0.05) is 15.3 Å². The molecule has 132 valence electrons. The number of aryl methyl sites for hydroxylation is 1. The van der Waals surface area contributed by atoms with Crippen molar-refractivity contribution in [2.45, 2.75) is 6.92 Å². The second-order valence-electron chi connectivity index (χ2n) is 5.93. The van der Waals surface area contributed by atoms with E-state index in [4.69, 9.17) is 5.73 Å². The van der Waals surface area contributed by atoms with Crippen LogP contribution in [0.2, 0.25) is 0 Å². The molecule has 0 fully saturated rings. The molecule has 0 spiro atoms. The first-order valence-electron chi connectivity index (χ1n) is 8.00. The molecular formula is C19H13IN6S. The standard InChI is InChI=1S/C19H13IN6S/c1-10-2-3-12(14(20)6-10)17-13(8-21)18(11-4-5-23-16(22)7-11)27-19(17)15-9-24-26-25-15/h2-7,9H,1H3,(H2,22,23)(H,24,25,26). The van der Waals surface area contributed by atoms with Gasteiger partial charge in [-0.15, -0.1) is 11.3 Å². The van der Waals surface area contributed by atoms with Crippen LogP contribution in [0.15, 0.2) is 42.7 Å². The molecule has 3 heterocycles. The molecule has 4 aromatic rings. The number of nitrogens with zero attached hydrogens (tertiary/aromatic N) is 4. The number of benzene rings is 1. The Labute approximate surface area is 173 Å². The van der Waals surface area contributed by atoms with E-state index in [1.54, 1.807) is 18.5 Å². The van der Waals surface area contributed by atoms with Gasteiger partial charge < -0.3 is 5.73 Å². The molecule has 3 aromatic heterocycles. The molecule has 3 N–H and O–H groups in total. The predicted octanol–water partition coefficient (Wildman–Crippen LogP) is 4.63. The third-order valence-electron chi connectivity index (χ3n) is 4.10. The second kappa shape index (κ2) is 7.09. The molecule has 0 aliphatic rings. The summed E-state index contributed by atoms with van der Waals surface area (Å²) in [5.41, 5.74) is 11.1. The van der Waals surface area contributed by atoms with Gasteiger partial charge in [-0.05, 0) is 58.8 Å². The third-order valence-corrected chi connectivity index (χ3v) is 6.26. The Morgan fingerprint density at radius 1 is 1.22 bits per heavy atom. The molecule has 4 rings (SSSR count). The molecular weight excluding hydrogens is 471 g/mol. The molecule has 0 amide bonds. The summed E-state index contributed by atoms with van der Waals surface area (Å²) < 4.78 is 1.08. The van der Waals surface area contributed by atoms with Crippen molar-refractivity contribution in [2.75, 3.05) is 5.73 Å². The van der Waals surface area contributed by atoms with Gasteiger partial charge >= 0.3 is 0 Å². The number of thiophene rings is 1. The third kappa shape index (κ3) is 3.20. The van der Waals surface area contributed by atoms with Crippen LogP contribution in [-0.2, 0) is 0 Å². The lowest BCUT2D eigenvalue weighted by Crippen LogP contribution is -1.91. The van der Waals surface area contributed by atoms with Crippen LogP contribution in [0.1, 0.15) is 11.1 Å². The van der Waals surface area contributed by atoms with E-state index in [2.05, 4.69) is 62.0 Å². The summed E-state index contributed by atoms with van der Waals surface area (Å²) >= 11 is 3.81. The van der Waals surface area contributed by atoms with Crippen LogP contribution in [0.25, 0.3) is 32.1 Å². The minimum atomic E-state index is 0.416. The van der Waals surface area contributed by atoms with Gasteiger partial charge in [0.25, 0.3) is 0 Å². The van der Waals surface area contributed by atoms with E-state index in [0.717, 1.165) is 30.0 Å². The molecule has 0 aliphatic carbocycles. The molecule has 6 nitrogen and oxygen atoms in total. The number of nitrogen functional groups attached to an aromatic ring is 1. The number of aromatic amines is 1. The summed E-state index contributed by atoms with van der Waals surface area (Å²) in [4.78, 5) is 5.79. The summed E-state index contributed by atoms with van der Waals surface area (Å²) in [5, 5.41) is 20.9. The maximum Gasteiger partial charge on any atom is 0.123 e. The van der Waals surface area contributed by atoms with E-state index >= 15 is 0 Å². The summed E-state index contributed by atoms with van der Waals surface area (Å²) in [6.45, 7) is 2.05. The minimum absolute atomic E-state index is 0.416. The monoisotopic (exact) mass is 484 g/mol. The highest BCUT2D eigenvalue weighted by atomic mass is 127. The van der Waals surface area contributed by atoms with Gasteiger partial charge in [-0.2, -0.15) is 20.7 Å². The van der Waals surface area contributed by atoms with E-state index in [0.29, 0.717) is 17.1 Å². The molecule has 0 radical (unpaired) electrons. The number of aromatic nitrogens is 4. The Balaban J connectivity index is 2.06. The fraction of sp³-hybridized carbons (Fsp3) is 0.0526. The lowest BCUT2D eigenvalue weighted by Gasteiger charge is -2.07. The average molecular weight is 484 g/mol. The lowest BCUT2D eigenvalue weighted by molar-refractivity contribution is 0.942. The summed E-state index contributed by atoms with van der Waals surface area (Å²) in [7, 11) is 0. The fourth-order valence-electron chi connectivity index (χ4n) is 2.90. The Hall–Kier alpha value is -2.77. The van der Waals surface area contributed by atoms with Crippen molar-refractivity contribution >= 4 is 39.7 Å². The normalized spacial score (nSPS) is 10.7. The van der Waals surface area contributed by atoms with E-state index in [1.165, 1.54) is 16.9 Å². The number of rotatable bonds is 3. The van der Waals surface area contributed by atoms with Gasteiger partial charge in [-0.3, -0.25) is 0 Å². The van der Waals surface area contributed by atoms with Crippen molar-refractivity contribution in [1.29, 1.82) is 5.26 Å². The number of hydrogen-bond acceptors (Lipinski definition) is 6. The highest BCUT2D eigenvalue weighted by Crippen LogP contribution is 2.47. The zero-order valence-electron chi connectivity index (χ0n) is 14.2. The van der Waals surface area contributed by atoms with Crippen LogP contribution in [0.4, 0.5) is 5.82 Å². The van der Waals surface area contributed by atoms with Crippen LogP contribution >= 0.6 is 33.9 Å². The van der Waals surface area contributed by atoms with Gasteiger partial charge in [0.15, 0.2) is 0 Å². The topological polar surface area (TPSA) is 104 Å². The Kier molecular flexibility index (Phi) is 4.63. The van der Waals surface area contributed by atoms with Crippen molar-refractivity contribution in [3.8, 4) is 38.2 Å². The van der Waals surface area contributed by atoms with Crippen LogP contribution in [-0.4, -0.2) is 20.4 Å². The molecule has 0 saturated carbocycles. The lowest BCUT2D eigenvalue weighted by atomic mass is 9.97. The molecule has 0 aliphatic heterocycles. The number of H-pyrrole nitrogens is 1. The number of pyridine rings is 1. The van der Waals surface area contributed by atoms with E-state index in [1.807, 2.05) is 18.2 Å². The number of hydrogen-bond donors (Lipinski definition) is 2. The molecule has 1 aromatic carbocycles. The molecule has 0 bridgehead atoms. The quantitative estimate of drug-likeness (QED) is 0.413. The Bertz CT molecular complexity index is 1170. The smallest absolute Gasteiger partial charge is 0.123 e. The van der Waals surface area contributed by atoms with Gasteiger partial charge in [0.05, 0.1) is 21.5 Å². The van der Waals surface area contributed by atoms with Crippen molar-refractivity contribution in [3.05, 3.63) is 57.4 Å². The maximum atomic E-state index is 10.0. The summed E-state index contributed by atoms with van der Waals surface area (Å²) in [6.07, 6.45) is 3.32. The van der Waals surface area contributed by atoms with E-state index in [9.17, 15) is 5.26 Å². The highest BCUT2D eigenvalue weighted by Gasteiger charge is 2.24. The van der Waals surface area contributed by atoms with E-state index in [-0.39, 0.29) is 0 Å². The van der Waals surface area contributed by atoms with Gasteiger partial charge in [-0.1, -0.05) is 17.7 Å². The number of anilines is 1. The first-order chi connectivity index (χ1) is 13.1. The Morgan fingerprint density at radius 3 is 2.74 bits per heavy atom. The first-order valence-corrected chi connectivity index (χ1v) is 9.89. The summed E-state index contributed by atoms with van der Waals surface area (Å²) in [5.74, 6) is 0.416. The molecule has 0 unspecified atom stereocenters. The number of nitriles is 1. The second-order valence-corrected chi connectivity index (χ2v) is 8.11. The Morgan fingerprint density at radius 2 is 2.07 bits per heavy atom. The van der Waals surface area contributed by atoms with Crippen LogP contribution < -0.4 is 5.73 Å². The summed E-state index contributed by atoms with van der Waals surface area (Å²) in [6, 6.07) is 12.2. The minimum Gasteiger partial charge on any atom is -0.384 e. The van der Waals surface area contributed by atoms with Gasteiger partial charge in [-0.25, -0.2) is 4.98 Å². The molecule has 0 atom stereocenters. The highest BCUT2D eigenvalue weighted by molar-refractivity contribution is 14.1. The fourth-order valence-corrected chi connectivity index (χ4v) is 5.06. The SMILES string of the molecule is Cc1ccc(-c2c(-c3cn[nH]n3)sc(-c3ccnc(N)c3)c2C#N)c(I)c1. The molecule has 8 heteroatoms. The number of nitrogens with two attached hydrogens (primary N) is 1. The van der Waals surface area contributed by atoms with Crippen LogP contribution in [0, 0.1) is 21.8 Å². The van der Waals surface area contributed by atoms with Crippen LogP contribution in [0.3, 0.4) is 0 Å². The van der Waals surface area contributed by atoms with Crippen molar-refractivity contribution < 1.29 is 0 Å². The average Bonchev–Trinajstić information content (AvgIpc) is 3.29. The largest absolute Gasteiger partial charge is 0.384 e. The molecule has 0 saturated heterocycles.